The maximum atomic E-state index is 11.9. The van der Waals surface area contributed by atoms with Gasteiger partial charge in [-0.2, -0.15) is 0 Å². The number of unbranched alkanes of at least 4 members (excludes halogenated alkanes) is 1. The molecule has 1 aromatic rings. The monoisotopic (exact) mass is 249 g/mol. The number of carbonyl (C=O) groups is 2. The average molecular weight is 249 g/mol. The minimum Gasteiger partial charge on any atom is -0.387 e. The van der Waals surface area contributed by atoms with Gasteiger partial charge in [0.05, 0.1) is 5.56 Å². The Kier molecular flexibility index (Phi) is 5.70. The Balaban J connectivity index is 2.38. The van der Waals surface area contributed by atoms with Crippen molar-refractivity contribution in [2.24, 2.45) is 5.73 Å². The van der Waals surface area contributed by atoms with Crippen molar-refractivity contribution < 1.29 is 9.59 Å². The van der Waals surface area contributed by atoms with Crippen molar-refractivity contribution in [2.75, 3.05) is 18.9 Å². The summed E-state index contributed by atoms with van der Waals surface area (Å²) in [5, 5.41) is 5.79. The number of nitrogens with two attached hydrogens (primary N) is 1. The maximum absolute atomic E-state index is 11.9. The van der Waals surface area contributed by atoms with Crippen LogP contribution in [0.3, 0.4) is 0 Å². The molecule has 0 atom stereocenters. The lowest BCUT2D eigenvalue weighted by atomic mass is 10.1. The first kappa shape index (κ1) is 14.0. The van der Waals surface area contributed by atoms with Crippen molar-refractivity contribution in [1.29, 1.82) is 0 Å². The summed E-state index contributed by atoms with van der Waals surface area (Å²) >= 11 is 0. The molecule has 0 aliphatic heterocycles. The molecule has 0 aliphatic rings. The van der Waals surface area contributed by atoms with Gasteiger partial charge in [-0.3, -0.25) is 9.59 Å². The van der Waals surface area contributed by atoms with Crippen LogP contribution in [0.15, 0.2) is 24.3 Å². The molecule has 18 heavy (non-hydrogen) atoms. The number of primary amides is 1. The van der Waals surface area contributed by atoms with Gasteiger partial charge in [-0.25, -0.2) is 0 Å². The average Bonchev–Trinajstić information content (AvgIpc) is 2.37. The Hall–Kier alpha value is -2.04. The largest absolute Gasteiger partial charge is 0.387 e. The van der Waals surface area contributed by atoms with Crippen molar-refractivity contribution in [1.82, 2.24) is 5.32 Å². The molecule has 0 saturated heterocycles. The lowest BCUT2D eigenvalue weighted by Gasteiger charge is -2.09. The maximum Gasteiger partial charge on any atom is 0.253 e. The summed E-state index contributed by atoms with van der Waals surface area (Å²) in [6.45, 7) is 0.546. The fraction of sp³-hybridized carbons (Fsp3) is 0.385. The highest BCUT2D eigenvalue weighted by Gasteiger charge is 2.08. The second kappa shape index (κ2) is 7.32. The standard InChI is InChI=1S/C13H19N3O2/c1-15-11-7-3-2-6-10(11)13(18)16-9-5-4-8-12(14)17/h2-3,6-7,15H,4-5,8-9H2,1H3,(H2,14,17)(H,16,18). The molecule has 0 aliphatic carbocycles. The van der Waals surface area contributed by atoms with Crippen LogP contribution in [-0.4, -0.2) is 25.4 Å². The number of amides is 2. The van der Waals surface area contributed by atoms with Crippen LogP contribution >= 0.6 is 0 Å². The van der Waals surface area contributed by atoms with E-state index in [4.69, 9.17) is 5.73 Å². The Morgan fingerprint density at radius 3 is 2.61 bits per heavy atom. The first-order valence-corrected chi connectivity index (χ1v) is 5.98. The lowest BCUT2D eigenvalue weighted by Crippen LogP contribution is -2.25. The SMILES string of the molecule is CNc1ccccc1C(=O)NCCCCC(N)=O. The zero-order chi connectivity index (χ0) is 13.4. The van der Waals surface area contributed by atoms with Gasteiger partial charge in [-0.15, -0.1) is 0 Å². The minimum atomic E-state index is -0.304. The highest BCUT2D eigenvalue weighted by atomic mass is 16.2. The van der Waals surface area contributed by atoms with Gasteiger partial charge < -0.3 is 16.4 Å². The molecule has 0 spiro atoms. The predicted molar refractivity (Wildman–Crippen MR) is 71.4 cm³/mol. The van der Waals surface area contributed by atoms with Gasteiger partial charge in [0.1, 0.15) is 0 Å². The van der Waals surface area contributed by atoms with Crippen molar-refractivity contribution in [2.45, 2.75) is 19.3 Å². The molecule has 98 valence electrons. The van der Waals surface area contributed by atoms with Gasteiger partial charge in [-0.1, -0.05) is 12.1 Å². The Morgan fingerprint density at radius 2 is 1.94 bits per heavy atom. The third-order valence-corrected chi connectivity index (χ3v) is 2.58. The molecule has 0 bridgehead atoms. The molecule has 4 N–H and O–H groups in total. The van der Waals surface area contributed by atoms with Crippen LogP contribution < -0.4 is 16.4 Å². The third-order valence-electron chi connectivity index (χ3n) is 2.58. The van der Waals surface area contributed by atoms with E-state index in [9.17, 15) is 9.59 Å². The van der Waals surface area contributed by atoms with Crippen LogP contribution in [-0.2, 0) is 4.79 Å². The fourth-order valence-corrected chi connectivity index (χ4v) is 1.62. The first-order chi connectivity index (χ1) is 8.65. The molecule has 0 heterocycles. The van der Waals surface area contributed by atoms with E-state index in [-0.39, 0.29) is 11.8 Å². The molecule has 0 aromatic heterocycles. The summed E-state index contributed by atoms with van der Waals surface area (Å²) in [6.07, 6.45) is 1.81. The van der Waals surface area contributed by atoms with Crippen LogP contribution in [0.25, 0.3) is 0 Å². The Labute approximate surface area is 107 Å². The van der Waals surface area contributed by atoms with Gasteiger partial charge in [0, 0.05) is 25.7 Å². The van der Waals surface area contributed by atoms with Gasteiger partial charge >= 0.3 is 0 Å². The molecule has 5 nitrogen and oxygen atoms in total. The highest BCUT2D eigenvalue weighted by Crippen LogP contribution is 2.13. The van der Waals surface area contributed by atoms with Crippen LogP contribution in [0, 0.1) is 0 Å². The molecule has 2 amide bonds. The molecule has 0 fully saturated rings. The fourth-order valence-electron chi connectivity index (χ4n) is 1.62. The molecule has 5 heteroatoms. The molecule has 1 rings (SSSR count). The van der Waals surface area contributed by atoms with Crippen LogP contribution in [0.1, 0.15) is 29.6 Å². The number of hydrogen-bond donors (Lipinski definition) is 3. The minimum absolute atomic E-state index is 0.112. The van der Waals surface area contributed by atoms with Crippen molar-refractivity contribution in [3.63, 3.8) is 0 Å². The van der Waals surface area contributed by atoms with E-state index in [1.54, 1.807) is 13.1 Å². The summed E-state index contributed by atoms with van der Waals surface area (Å²) in [5.41, 5.74) is 6.45. The van der Waals surface area contributed by atoms with Gasteiger partial charge in [0.2, 0.25) is 5.91 Å². The second-order valence-corrected chi connectivity index (χ2v) is 3.97. The quantitative estimate of drug-likeness (QED) is 0.633. The molecule has 0 unspecified atom stereocenters. The van der Waals surface area contributed by atoms with E-state index in [0.29, 0.717) is 24.9 Å². The van der Waals surface area contributed by atoms with Gasteiger partial charge in [0.15, 0.2) is 0 Å². The number of hydrogen-bond acceptors (Lipinski definition) is 3. The summed E-state index contributed by atoms with van der Waals surface area (Å²) in [7, 11) is 1.78. The normalized spacial score (nSPS) is 9.83. The molecule has 1 aromatic carbocycles. The number of anilines is 1. The van der Waals surface area contributed by atoms with Crippen molar-refractivity contribution >= 4 is 17.5 Å². The highest BCUT2D eigenvalue weighted by molar-refractivity contribution is 5.99. The summed E-state index contributed by atoms with van der Waals surface area (Å²) in [5.74, 6) is -0.416. The molecule has 0 saturated carbocycles. The molecular weight excluding hydrogens is 230 g/mol. The van der Waals surface area contributed by atoms with Crippen LogP contribution in [0.5, 0.6) is 0 Å². The van der Waals surface area contributed by atoms with Crippen molar-refractivity contribution in [3.05, 3.63) is 29.8 Å². The predicted octanol–water partition coefficient (Wildman–Crippen LogP) is 1.11. The number of carbonyl (C=O) groups excluding carboxylic acids is 2. The van der Waals surface area contributed by atoms with Gasteiger partial charge in [-0.05, 0) is 25.0 Å². The first-order valence-electron chi connectivity index (χ1n) is 5.98. The molecular formula is C13H19N3O2. The smallest absolute Gasteiger partial charge is 0.253 e. The van der Waals surface area contributed by atoms with E-state index in [1.165, 1.54) is 0 Å². The van der Waals surface area contributed by atoms with E-state index in [0.717, 1.165) is 12.1 Å². The zero-order valence-electron chi connectivity index (χ0n) is 10.5. The van der Waals surface area contributed by atoms with Crippen LogP contribution in [0.4, 0.5) is 5.69 Å². The number of para-hydroxylation sites is 1. The number of nitrogens with one attached hydrogen (secondary N) is 2. The number of benzene rings is 1. The lowest BCUT2D eigenvalue weighted by molar-refractivity contribution is -0.118. The topological polar surface area (TPSA) is 84.2 Å². The Morgan fingerprint density at radius 1 is 1.22 bits per heavy atom. The number of rotatable bonds is 7. The third kappa shape index (κ3) is 4.45. The summed E-state index contributed by atoms with van der Waals surface area (Å²) in [6, 6.07) is 7.31. The van der Waals surface area contributed by atoms with E-state index in [1.807, 2.05) is 18.2 Å². The van der Waals surface area contributed by atoms with E-state index < -0.39 is 0 Å². The second-order valence-electron chi connectivity index (χ2n) is 3.97. The van der Waals surface area contributed by atoms with Gasteiger partial charge in [0.25, 0.3) is 5.91 Å². The Bertz CT molecular complexity index is 418. The van der Waals surface area contributed by atoms with E-state index >= 15 is 0 Å². The molecule has 0 radical (unpaired) electrons. The van der Waals surface area contributed by atoms with Crippen molar-refractivity contribution in [3.8, 4) is 0 Å². The summed E-state index contributed by atoms with van der Waals surface area (Å²) < 4.78 is 0. The zero-order valence-corrected chi connectivity index (χ0v) is 10.5. The van der Waals surface area contributed by atoms with E-state index in [2.05, 4.69) is 10.6 Å². The van der Waals surface area contributed by atoms with Crippen LogP contribution in [0.2, 0.25) is 0 Å². The summed E-state index contributed by atoms with van der Waals surface area (Å²) in [4.78, 5) is 22.4.